The Balaban J connectivity index is 1.03. The van der Waals surface area contributed by atoms with Crippen molar-refractivity contribution in [2.24, 2.45) is 0 Å². The molecule has 1 atom stereocenters. The molecule has 69 heavy (non-hydrogen) atoms. The molecule has 11 aromatic rings. The van der Waals surface area contributed by atoms with E-state index in [1.165, 1.54) is 122 Å². The molecule has 1 unspecified atom stereocenters. The van der Waals surface area contributed by atoms with Crippen molar-refractivity contribution in [2.75, 3.05) is 4.90 Å². The fourth-order valence-electron chi connectivity index (χ4n) is 13.3. The molecule has 1 heteroatoms. The van der Waals surface area contributed by atoms with Crippen LogP contribution in [-0.4, -0.2) is 0 Å². The van der Waals surface area contributed by atoms with E-state index < -0.39 is 5.41 Å². The first kappa shape index (κ1) is 38.6. The zero-order valence-corrected chi connectivity index (χ0v) is 38.5. The minimum Gasteiger partial charge on any atom is -0.310 e. The fraction of sp³-hybridized carbons (Fsp3) is 0.0588. The predicted octanol–water partition coefficient (Wildman–Crippen LogP) is 17.9. The van der Waals surface area contributed by atoms with E-state index in [0.717, 1.165) is 17.1 Å². The second-order valence-corrected chi connectivity index (χ2v) is 19.9. The molecular weight excluding hydrogens is 831 g/mol. The Labute approximate surface area is 403 Å². The monoisotopic (exact) mass is 875 g/mol. The van der Waals surface area contributed by atoms with Gasteiger partial charge in [0.25, 0.3) is 0 Å². The fourth-order valence-corrected chi connectivity index (χ4v) is 13.3. The molecule has 0 amide bonds. The van der Waals surface area contributed by atoms with Crippen LogP contribution in [0.1, 0.15) is 47.2 Å². The van der Waals surface area contributed by atoms with Crippen molar-refractivity contribution in [3.63, 3.8) is 0 Å². The molecule has 4 aliphatic carbocycles. The van der Waals surface area contributed by atoms with Gasteiger partial charge in [0.1, 0.15) is 0 Å². The van der Waals surface area contributed by atoms with E-state index in [4.69, 9.17) is 0 Å². The lowest BCUT2D eigenvalue weighted by molar-refractivity contribution is 0.660. The highest BCUT2D eigenvalue weighted by atomic mass is 15.1. The van der Waals surface area contributed by atoms with Crippen molar-refractivity contribution in [3.05, 3.63) is 270 Å². The molecule has 0 radical (unpaired) electrons. The van der Waals surface area contributed by atoms with Crippen molar-refractivity contribution < 1.29 is 0 Å². The highest BCUT2D eigenvalue weighted by molar-refractivity contribution is 6.21. The van der Waals surface area contributed by atoms with Crippen LogP contribution >= 0.6 is 0 Å². The van der Waals surface area contributed by atoms with E-state index in [2.05, 4.69) is 255 Å². The molecule has 11 aromatic carbocycles. The highest BCUT2D eigenvalue weighted by Crippen LogP contribution is 2.66. The third kappa shape index (κ3) is 5.09. The summed E-state index contributed by atoms with van der Waals surface area (Å²) >= 11 is 0. The quantitative estimate of drug-likeness (QED) is 0.167. The van der Waals surface area contributed by atoms with Gasteiger partial charge >= 0.3 is 0 Å². The van der Waals surface area contributed by atoms with Gasteiger partial charge < -0.3 is 4.90 Å². The van der Waals surface area contributed by atoms with Gasteiger partial charge in [-0.1, -0.05) is 208 Å². The van der Waals surface area contributed by atoms with Crippen LogP contribution in [0, 0.1) is 0 Å². The van der Waals surface area contributed by atoms with E-state index >= 15 is 0 Å². The number of anilines is 3. The lowest BCUT2D eigenvalue weighted by Gasteiger charge is -2.33. The van der Waals surface area contributed by atoms with Crippen LogP contribution in [0.2, 0.25) is 0 Å². The van der Waals surface area contributed by atoms with Gasteiger partial charge in [-0.15, -0.1) is 0 Å². The number of nitrogens with zero attached hydrogens (tertiary/aromatic N) is 1. The largest absolute Gasteiger partial charge is 0.310 e. The number of benzene rings is 11. The molecule has 322 valence electrons. The van der Waals surface area contributed by atoms with Crippen molar-refractivity contribution in [1.29, 1.82) is 0 Å². The number of fused-ring (bicyclic) bond motifs is 17. The number of hydrogen-bond donors (Lipinski definition) is 0. The van der Waals surface area contributed by atoms with Crippen molar-refractivity contribution >= 4 is 27.8 Å². The first-order valence-electron chi connectivity index (χ1n) is 24.3. The first-order chi connectivity index (χ1) is 34.0. The van der Waals surface area contributed by atoms with Crippen molar-refractivity contribution in [1.82, 2.24) is 0 Å². The Bertz CT molecular complexity index is 3990. The lowest BCUT2D eigenvalue weighted by Crippen LogP contribution is -2.26. The summed E-state index contributed by atoms with van der Waals surface area (Å²) in [5, 5.41) is 2.70. The molecular formula is C68H45N. The van der Waals surface area contributed by atoms with Crippen LogP contribution in [0.4, 0.5) is 17.1 Å². The molecule has 0 aromatic heterocycles. The summed E-state index contributed by atoms with van der Waals surface area (Å²) in [5.41, 5.74) is 28.7. The van der Waals surface area contributed by atoms with E-state index in [9.17, 15) is 0 Å². The number of rotatable bonds is 5. The molecule has 1 spiro atoms. The molecule has 0 bridgehead atoms. The van der Waals surface area contributed by atoms with Crippen LogP contribution in [0.15, 0.2) is 237 Å². The summed E-state index contributed by atoms with van der Waals surface area (Å²) < 4.78 is 0. The topological polar surface area (TPSA) is 3.24 Å². The van der Waals surface area contributed by atoms with Crippen LogP contribution < -0.4 is 4.90 Å². The second kappa shape index (κ2) is 14.0. The first-order valence-corrected chi connectivity index (χ1v) is 24.3. The Morgan fingerprint density at radius 2 is 0.812 bits per heavy atom. The zero-order chi connectivity index (χ0) is 45.6. The number of hydrogen-bond acceptors (Lipinski definition) is 1. The third-order valence-electron chi connectivity index (χ3n) is 16.2. The molecule has 0 saturated carbocycles. The van der Waals surface area contributed by atoms with Gasteiger partial charge in [-0.05, 0) is 159 Å². The van der Waals surface area contributed by atoms with E-state index in [0.29, 0.717) is 0 Å². The van der Waals surface area contributed by atoms with Crippen LogP contribution in [0.5, 0.6) is 0 Å². The lowest BCUT2D eigenvalue weighted by atomic mass is 9.70. The van der Waals surface area contributed by atoms with Gasteiger partial charge in [0.05, 0.1) is 11.1 Å². The molecule has 0 heterocycles. The molecule has 1 nitrogen and oxygen atoms in total. The summed E-state index contributed by atoms with van der Waals surface area (Å²) in [6.45, 7) is 4.77. The van der Waals surface area contributed by atoms with Crippen LogP contribution in [0.25, 0.3) is 88.7 Å². The molecule has 15 rings (SSSR count). The molecule has 0 fully saturated rings. The molecule has 0 saturated heterocycles. The van der Waals surface area contributed by atoms with Gasteiger partial charge in [-0.3, -0.25) is 0 Å². The van der Waals surface area contributed by atoms with E-state index in [1.807, 2.05) is 0 Å². The van der Waals surface area contributed by atoms with Crippen molar-refractivity contribution in [2.45, 2.75) is 24.7 Å². The maximum absolute atomic E-state index is 2.58. The molecule has 0 aliphatic heterocycles. The maximum Gasteiger partial charge on any atom is 0.0726 e. The van der Waals surface area contributed by atoms with Crippen LogP contribution in [0.3, 0.4) is 0 Å². The summed E-state index contributed by atoms with van der Waals surface area (Å²) in [4.78, 5) is 2.55. The Morgan fingerprint density at radius 3 is 1.52 bits per heavy atom. The van der Waals surface area contributed by atoms with Crippen LogP contribution in [-0.2, 0) is 10.8 Å². The van der Waals surface area contributed by atoms with E-state index in [-0.39, 0.29) is 5.41 Å². The average molecular weight is 876 g/mol. The average Bonchev–Trinajstić information content (AvgIpc) is 4.08. The Kier molecular flexibility index (Phi) is 7.83. The van der Waals surface area contributed by atoms with Gasteiger partial charge in [0.15, 0.2) is 0 Å². The second-order valence-electron chi connectivity index (χ2n) is 19.9. The van der Waals surface area contributed by atoms with Crippen molar-refractivity contribution in [3.8, 4) is 77.9 Å². The minimum atomic E-state index is -0.557. The predicted molar refractivity (Wildman–Crippen MR) is 288 cm³/mol. The summed E-state index contributed by atoms with van der Waals surface area (Å²) in [6, 6.07) is 89.4. The molecule has 0 N–H and O–H groups in total. The minimum absolute atomic E-state index is 0.170. The summed E-state index contributed by atoms with van der Waals surface area (Å²) in [6.07, 6.45) is 0. The summed E-state index contributed by atoms with van der Waals surface area (Å²) in [7, 11) is 0. The normalized spacial score (nSPS) is 15.6. The highest BCUT2D eigenvalue weighted by Gasteiger charge is 2.53. The summed E-state index contributed by atoms with van der Waals surface area (Å²) in [5.74, 6) is 0. The third-order valence-corrected chi connectivity index (χ3v) is 16.2. The molecule has 4 aliphatic rings. The smallest absolute Gasteiger partial charge is 0.0726 e. The SMILES string of the molecule is CC1(C)c2ccccc2-c2ccc(N(c3ccc4c(c3)C3(c5ccccc5-4)c4ccccc4-c4c3cc3c5c(cccc45)-c4ccccc4-3)c3ccc(-c4ccccc4)cc3-c3ccccc3)cc21. The van der Waals surface area contributed by atoms with Gasteiger partial charge in [0.2, 0.25) is 0 Å². The van der Waals surface area contributed by atoms with Gasteiger partial charge in [-0.2, -0.15) is 0 Å². The standard InChI is InChI=1S/C68H45N/c1-67(2)58-29-14-11-24-49(58)51-35-33-45(39-61(51)67)69(64-37-32-44(42-18-5-3-6-19-42)38-56(64)43-20-7-4-8-21-43)46-34-36-52-50-25-12-15-30-59(50)68(62(52)40-46)60-31-16-13-26-54(60)66-55-28-17-27-53-47-22-9-10-23-48(47)57(65(53)55)41-63(66)68/h3-41H,1-2H3. The maximum atomic E-state index is 2.58. The Morgan fingerprint density at radius 1 is 0.290 bits per heavy atom. The van der Waals surface area contributed by atoms with Gasteiger partial charge in [0, 0.05) is 22.4 Å². The Hall–Kier alpha value is -8.52. The van der Waals surface area contributed by atoms with Gasteiger partial charge in [-0.25, -0.2) is 0 Å². The van der Waals surface area contributed by atoms with E-state index in [1.54, 1.807) is 0 Å². The zero-order valence-electron chi connectivity index (χ0n) is 38.5.